The smallest absolute Gasteiger partial charge is 0.254 e. The molecular formula is C35H27N3O4. The summed E-state index contributed by atoms with van der Waals surface area (Å²) in [5.41, 5.74) is 5.01. The van der Waals surface area contributed by atoms with Gasteiger partial charge in [0.2, 0.25) is 11.7 Å². The Kier molecular flexibility index (Phi) is 6.36. The lowest BCUT2D eigenvalue weighted by Gasteiger charge is -2.27. The van der Waals surface area contributed by atoms with E-state index in [2.05, 4.69) is 24.3 Å². The predicted molar refractivity (Wildman–Crippen MR) is 163 cm³/mol. The van der Waals surface area contributed by atoms with Gasteiger partial charge in [0, 0.05) is 36.5 Å². The van der Waals surface area contributed by atoms with E-state index in [4.69, 9.17) is 9.72 Å². The van der Waals surface area contributed by atoms with Crippen LogP contribution in [0.4, 0.5) is 5.69 Å². The van der Waals surface area contributed by atoms with Crippen LogP contribution in [-0.4, -0.2) is 53.8 Å². The molecule has 4 aromatic carbocycles. The van der Waals surface area contributed by atoms with E-state index in [9.17, 15) is 14.4 Å². The van der Waals surface area contributed by atoms with Crippen LogP contribution in [0.1, 0.15) is 33.3 Å². The molecule has 0 aliphatic carbocycles. The quantitative estimate of drug-likeness (QED) is 0.252. The fourth-order valence-corrected chi connectivity index (χ4v) is 5.92. The zero-order chi connectivity index (χ0) is 28.8. The van der Waals surface area contributed by atoms with Crippen LogP contribution in [0.3, 0.4) is 0 Å². The van der Waals surface area contributed by atoms with Crippen molar-refractivity contribution in [3.05, 3.63) is 114 Å². The third-order valence-electron chi connectivity index (χ3n) is 7.92. The second-order valence-corrected chi connectivity index (χ2v) is 10.5. The van der Waals surface area contributed by atoms with Crippen molar-refractivity contribution in [3.8, 4) is 11.1 Å². The number of carbonyl (C=O) groups is 3. The van der Waals surface area contributed by atoms with E-state index >= 15 is 0 Å². The van der Waals surface area contributed by atoms with E-state index in [-0.39, 0.29) is 23.3 Å². The average molecular weight is 554 g/mol. The molecule has 1 fully saturated rings. The van der Waals surface area contributed by atoms with Gasteiger partial charge in [0.15, 0.2) is 0 Å². The maximum atomic E-state index is 13.4. The number of Topliss-reactive ketones (excluding diaryl/α,β-unsaturated/α-hetero) is 1. The first-order valence-corrected chi connectivity index (χ1v) is 14.0. The van der Waals surface area contributed by atoms with Crippen LogP contribution in [0.15, 0.2) is 96.7 Å². The van der Waals surface area contributed by atoms with Gasteiger partial charge in [-0.25, -0.2) is 4.98 Å². The first-order valence-electron chi connectivity index (χ1n) is 14.0. The molecule has 5 aromatic rings. The first kappa shape index (κ1) is 25.8. The van der Waals surface area contributed by atoms with Gasteiger partial charge in [0.05, 0.1) is 35.8 Å². The van der Waals surface area contributed by atoms with Crippen molar-refractivity contribution in [2.45, 2.75) is 6.92 Å². The summed E-state index contributed by atoms with van der Waals surface area (Å²) in [6.45, 7) is 3.62. The van der Waals surface area contributed by atoms with Crippen LogP contribution in [0.25, 0.3) is 38.9 Å². The molecule has 2 aliphatic rings. The number of allylic oxidation sites excluding steroid dienone is 1. The third-order valence-corrected chi connectivity index (χ3v) is 7.92. The second kappa shape index (κ2) is 10.4. The van der Waals surface area contributed by atoms with Crippen LogP contribution >= 0.6 is 0 Å². The van der Waals surface area contributed by atoms with Crippen molar-refractivity contribution in [1.29, 1.82) is 0 Å². The van der Waals surface area contributed by atoms with E-state index in [0.29, 0.717) is 54.3 Å². The highest BCUT2D eigenvalue weighted by Gasteiger charge is 2.34. The fraction of sp³-hybridized carbons (Fsp3) is 0.143. The number of hydrogen-bond donors (Lipinski definition) is 0. The zero-order valence-electron chi connectivity index (χ0n) is 23.0. The number of amides is 2. The van der Waals surface area contributed by atoms with Crippen molar-refractivity contribution in [3.63, 3.8) is 0 Å². The molecule has 206 valence electrons. The monoisotopic (exact) mass is 553 g/mol. The lowest BCUT2D eigenvalue weighted by molar-refractivity contribution is -0.116. The minimum atomic E-state index is -0.249. The minimum Gasteiger partial charge on any atom is -0.378 e. The number of nitrogens with zero attached hydrogens (tertiary/aromatic N) is 3. The molecule has 0 unspecified atom stereocenters. The molecule has 7 nitrogen and oxygen atoms in total. The summed E-state index contributed by atoms with van der Waals surface area (Å²) >= 11 is 0. The topological polar surface area (TPSA) is 79.8 Å². The number of anilines is 1. The van der Waals surface area contributed by atoms with Crippen molar-refractivity contribution in [2.75, 3.05) is 31.2 Å². The normalized spacial score (nSPS) is 15.9. The number of morpholine rings is 1. The highest BCUT2D eigenvalue weighted by molar-refractivity contribution is 6.26. The third kappa shape index (κ3) is 4.35. The SMILES string of the molecule is CC(=O)N1C(=Cc2cc(-c3cccc4ccccc34)c3cc(C(=O)N4CCOCC4)ccc3n2)C(=O)c2ccccc21. The van der Waals surface area contributed by atoms with E-state index < -0.39 is 0 Å². The molecule has 0 atom stereocenters. The first-order chi connectivity index (χ1) is 20.5. The van der Waals surface area contributed by atoms with E-state index in [1.807, 2.05) is 47.4 Å². The number of hydrogen-bond acceptors (Lipinski definition) is 5. The largest absolute Gasteiger partial charge is 0.378 e. The van der Waals surface area contributed by atoms with Crippen LogP contribution in [0.2, 0.25) is 0 Å². The Hall–Kier alpha value is -5.14. The summed E-state index contributed by atoms with van der Waals surface area (Å²) in [5, 5.41) is 2.98. The molecule has 1 aromatic heterocycles. The van der Waals surface area contributed by atoms with Gasteiger partial charge in [0.25, 0.3) is 5.91 Å². The number of ketones is 1. The average Bonchev–Trinajstić information content (AvgIpc) is 3.31. The van der Waals surface area contributed by atoms with E-state index in [1.165, 1.54) is 11.8 Å². The molecule has 0 bridgehead atoms. The Balaban J connectivity index is 1.43. The highest BCUT2D eigenvalue weighted by atomic mass is 16.5. The molecule has 2 amide bonds. The number of benzene rings is 4. The van der Waals surface area contributed by atoms with Gasteiger partial charge in [-0.1, -0.05) is 54.6 Å². The number of ether oxygens (including phenoxy) is 1. The standard InChI is InChI=1S/C35H27N3O4/c1-22(39)38-32-12-5-4-10-28(32)34(40)33(38)21-25-20-29(27-11-6-8-23-7-2-3-9-26(23)27)30-19-24(13-14-31(30)36-25)35(41)37-15-17-42-18-16-37/h2-14,19-21H,15-18H2,1H3. The maximum absolute atomic E-state index is 13.4. The van der Waals surface area contributed by atoms with Crippen molar-refractivity contribution in [2.24, 2.45) is 0 Å². The molecule has 0 saturated carbocycles. The van der Waals surface area contributed by atoms with Crippen molar-refractivity contribution in [1.82, 2.24) is 9.88 Å². The molecule has 0 N–H and O–H groups in total. The van der Waals surface area contributed by atoms with Gasteiger partial charge in [-0.2, -0.15) is 0 Å². The number of carbonyl (C=O) groups excluding carboxylic acids is 3. The number of para-hydroxylation sites is 1. The van der Waals surface area contributed by atoms with Crippen LogP contribution in [0, 0.1) is 0 Å². The van der Waals surface area contributed by atoms with Gasteiger partial charge >= 0.3 is 0 Å². The van der Waals surface area contributed by atoms with Crippen molar-refractivity contribution >= 4 is 51.0 Å². The van der Waals surface area contributed by atoms with Gasteiger partial charge in [-0.15, -0.1) is 0 Å². The van der Waals surface area contributed by atoms with Crippen LogP contribution in [-0.2, 0) is 9.53 Å². The van der Waals surface area contributed by atoms with Gasteiger partial charge in [-0.05, 0) is 64.4 Å². The van der Waals surface area contributed by atoms with E-state index in [1.54, 1.807) is 30.3 Å². The summed E-state index contributed by atoms with van der Waals surface area (Å²) in [6.07, 6.45) is 1.69. The summed E-state index contributed by atoms with van der Waals surface area (Å²) in [6, 6.07) is 28.9. The molecule has 42 heavy (non-hydrogen) atoms. The highest BCUT2D eigenvalue weighted by Crippen LogP contribution is 2.38. The Morgan fingerprint density at radius 1 is 0.810 bits per heavy atom. The maximum Gasteiger partial charge on any atom is 0.254 e. The Bertz CT molecular complexity index is 1950. The molecule has 7 rings (SSSR count). The molecule has 7 heteroatoms. The van der Waals surface area contributed by atoms with E-state index in [0.717, 1.165) is 27.3 Å². The number of pyridine rings is 1. The van der Waals surface area contributed by atoms with Crippen LogP contribution in [0.5, 0.6) is 0 Å². The zero-order valence-corrected chi connectivity index (χ0v) is 23.0. The molecular weight excluding hydrogens is 526 g/mol. The molecule has 1 saturated heterocycles. The molecule has 2 aliphatic heterocycles. The van der Waals surface area contributed by atoms with Crippen LogP contribution < -0.4 is 4.90 Å². The second-order valence-electron chi connectivity index (χ2n) is 10.5. The van der Waals surface area contributed by atoms with Gasteiger partial charge < -0.3 is 9.64 Å². The molecule has 3 heterocycles. The van der Waals surface area contributed by atoms with Gasteiger partial charge in [-0.3, -0.25) is 19.3 Å². The fourth-order valence-electron chi connectivity index (χ4n) is 5.92. The van der Waals surface area contributed by atoms with Gasteiger partial charge in [0.1, 0.15) is 0 Å². The lowest BCUT2D eigenvalue weighted by atomic mass is 9.94. The summed E-state index contributed by atoms with van der Waals surface area (Å²) in [7, 11) is 0. The Morgan fingerprint density at radius 2 is 1.55 bits per heavy atom. The summed E-state index contributed by atoms with van der Waals surface area (Å²) in [5.74, 6) is -0.511. The lowest BCUT2D eigenvalue weighted by Crippen LogP contribution is -2.40. The Labute approximate surface area is 242 Å². The summed E-state index contributed by atoms with van der Waals surface area (Å²) < 4.78 is 5.43. The van der Waals surface area contributed by atoms with Crippen molar-refractivity contribution < 1.29 is 19.1 Å². The predicted octanol–water partition coefficient (Wildman–Crippen LogP) is 6.12. The Morgan fingerprint density at radius 3 is 2.38 bits per heavy atom. The molecule has 0 spiro atoms. The number of rotatable bonds is 3. The minimum absolute atomic E-state index is 0.0401. The number of aromatic nitrogens is 1. The molecule has 0 radical (unpaired) electrons. The number of fused-ring (bicyclic) bond motifs is 3. The summed E-state index contributed by atoms with van der Waals surface area (Å²) in [4.78, 5) is 47.7.